The predicted molar refractivity (Wildman–Crippen MR) is 133 cm³/mol. The number of nitrogens with one attached hydrogen (secondary N) is 1. The van der Waals surface area contributed by atoms with E-state index in [4.69, 9.17) is 4.98 Å². The average molecular weight is 460 g/mol. The molecule has 1 amide bonds. The van der Waals surface area contributed by atoms with Crippen LogP contribution in [0.25, 0.3) is 22.3 Å². The van der Waals surface area contributed by atoms with Crippen LogP contribution in [0, 0.1) is 12.8 Å². The van der Waals surface area contributed by atoms with Gasteiger partial charge in [-0.3, -0.25) is 14.4 Å². The van der Waals surface area contributed by atoms with Crippen LogP contribution in [0.1, 0.15) is 33.8 Å². The van der Waals surface area contributed by atoms with Gasteiger partial charge in [0, 0.05) is 30.6 Å². The molecule has 0 unspecified atom stereocenters. The van der Waals surface area contributed by atoms with Crippen molar-refractivity contribution < 1.29 is 4.79 Å². The van der Waals surface area contributed by atoms with Crippen molar-refractivity contribution in [1.82, 2.24) is 25.0 Å². The Morgan fingerprint density at radius 1 is 1.15 bits per heavy atom. The Kier molecular flexibility index (Phi) is 6.24. The molecule has 0 spiro atoms. The number of carbonyl (C=O) groups excluding carboxylic acids is 1. The van der Waals surface area contributed by atoms with Gasteiger partial charge in [-0.2, -0.15) is 5.10 Å². The number of hydrogen-bond donors (Lipinski definition) is 1. The van der Waals surface area contributed by atoms with Crippen molar-refractivity contribution in [2.75, 3.05) is 19.6 Å². The van der Waals surface area contributed by atoms with Crippen LogP contribution >= 0.6 is 11.3 Å². The zero-order valence-corrected chi connectivity index (χ0v) is 19.9. The summed E-state index contributed by atoms with van der Waals surface area (Å²) in [6.07, 6.45) is 2.22. The standard InChI is InChI=1S/C26H29N5OS/c1-18-24-22(15-23(20-7-4-3-5-8-20)28-25(24)30(2)29-18)26(32)27-16-19-10-12-31(13-11-19)17-21-9-6-14-33-21/h3-9,14-15,19H,10-13,16-17H2,1-2H3,(H,27,32). The largest absolute Gasteiger partial charge is 0.352 e. The lowest BCUT2D eigenvalue weighted by atomic mass is 9.96. The summed E-state index contributed by atoms with van der Waals surface area (Å²) < 4.78 is 1.76. The molecule has 0 aliphatic carbocycles. The van der Waals surface area contributed by atoms with E-state index in [9.17, 15) is 4.79 Å². The molecule has 1 saturated heterocycles. The van der Waals surface area contributed by atoms with Gasteiger partial charge in [0.15, 0.2) is 5.65 Å². The van der Waals surface area contributed by atoms with Gasteiger partial charge in [-0.1, -0.05) is 36.4 Å². The zero-order valence-electron chi connectivity index (χ0n) is 19.1. The number of aromatic nitrogens is 3. The fraction of sp³-hybridized carbons (Fsp3) is 0.346. The molecule has 5 rings (SSSR count). The molecule has 1 aromatic carbocycles. The van der Waals surface area contributed by atoms with Gasteiger partial charge in [0.25, 0.3) is 5.91 Å². The van der Waals surface area contributed by atoms with Crippen LogP contribution in [0.2, 0.25) is 0 Å². The Balaban J connectivity index is 1.29. The van der Waals surface area contributed by atoms with Crippen LogP contribution in [-0.4, -0.2) is 45.2 Å². The summed E-state index contributed by atoms with van der Waals surface area (Å²) in [5.41, 5.74) is 4.00. The van der Waals surface area contributed by atoms with Crippen LogP contribution in [-0.2, 0) is 13.6 Å². The first-order valence-corrected chi connectivity index (χ1v) is 12.4. The Hall–Kier alpha value is -3.03. The highest BCUT2D eigenvalue weighted by Crippen LogP contribution is 2.27. The molecule has 1 N–H and O–H groups in total. The summed E-state index contributed by atoms with van der Waals surface area (Å²) in [5.74, 6) is 0.464. The van der Waals surface area contributed by atoms with E-state index >= 15 is 0 Å². The van der Waals surface area contributed by atoms with E-state index in [0.29, 0.717) is 18.0 Å². The average Bonchev–Trinajstić information content (AvgIpc) is 3.46. The minimum Gasteiger partial charge on any atom is -0.352 e. The summed E-state index contributed by atoms with van der Waals surface area (Å²) in [7, 11) is 1.88. The number of amides is 1. The highest BCUT2D eigenvalue weighted by Gasteiger charge is 2.23. The Morgan fingerprint density at radius 3 is 2.67 bits per heavy atom. The van der Waals surface area contributed by atoms with Crippen molar-refractivity contribution in [3.63, 3.8) is 0 Å². The molecule has 6 nitrogen and oxygen atoms in total. The lowest BCUT2D eigenvalue weighted by Crippen LogP contribution is -2.38. The number of benzene rings is 1. The van der Waals surface area contributed by atoms with Gasteiger partial charge >= 0.3 is 0 Å². The number of piperidine rings is 1. The maximum atomic E-state index is 13.3. The maximum Gasteiger partial charge on any atom is 0.252 e. The minimum absolute atomic E-state index is 0.0447. The van der Waals surface area contributed by atoms with Crippen molar-refractivity contribution in [2.45, 2.75) is 26.3 Å². The normalized spacial score (nSPS) is 15.2. The predicted octanol–water partition coefficient (Wildman–Crippen LogP) is 4.65. The Bertz CT molecular complexity index is 1240. The summed E-state index contributed by atoms with van der Waals surface area (Å²) in [4.78, 5) is 22.1. The van der Waals surface area contributed by atoms with Crippen LogP contribution in [0.5, 0.6) is 0 Å². The molecular formula is C26H29N5OS. The molecule has 170 valence electrons. The van der Waals surface area contributed by atoms with Crippen LogP contribution in [0.4, 0.5) is 0 Å². The van der Waals surface area contributed by atoms with Gasteiger partial charge in [0.1, 0.15) is 0 Å². The topological polar surface area (TPSA) is 63.1 Å². The van der Waals surface area contributed by atoms with E-state index in [2.05, 4.69) is 32.8 Å². The molecule has 0 saturated carbocycles. The number of rotatable bonds is 6. The SMILES string of the molecule is Cc1nn(C)c2nc(-c3ccccc3)cc(C(=O)NCC3CCN(Cc4cccs4)CC3)c12. The fourth-order valence-corrected chi connectivity index (χ4v) is 5.43. The Morgan fingerprint density at radius 2 is 1.94 bits per heavy atom. The van der Waals surface area contributed by atoms with Gasteiger partial charge in [-0.15, -0.1) is 11.3 Å². The van der Waals surface area contributed by atoms with Gasteiger partial charge in [-0.05, 0) is 56.3 Å². The monoisotopic (exact) mass is 459 g/mol. The van der Waals surface area contributed by atoms with Gasteiger partial charge in [-0.25, -0.2) is 4.98 Å². The molecule has 0 bridgehead atoms. The van der Waals surface area contributed by atoms with Crippen molar-refractivity contribution in [3.05, 3.63) is 70.0 Å². The molecule has 4 heterocycles. The molecule has 1 aliphatic rings. The second kappa shape index (κ2) is 9.45. The number of pyridine rings is 1. The molecule has 3 aromatic heterocycles. The van der Waals surface area contributed by atoms with Gasteiger partial charge in [0.05, 0.1) is 22.3 Å². The minimum atomic E-state index is -0.0447. The number of carbonyl (C=O) groups is 1. The third-order valence-electron chi connectivity index (χ3n) is 6.50. The van der Waals surface area contributed by atoms with E-state index in [1.807, 2.05) is 61.7 Å². The van der Waals surface area contributed by atoms with Crippen molar-refractivity contribution >= 4 is 28.3 Å². The van der Waals surface area contributed by atoms with E-state index in [0.717, 1.165) is 60.5 Å². The number of aryl methyl sites for hydroxylation is 2. The number of thiophene rings is 1. The molecule has 4 aromatic rings. The van der Waals surface area contributed by atoms with E-state index in [1.54, 1.807) is 4.68 Å². The number of likely N-dealkylation sites (tertiary alicyclic amines) is 1. The molecule has 0 atom stereocenters. The van der Waals surface area contributed by atoms with Crippen LogP contribution in [0.3, 0.4) is 0 Å². The highest BCUT2D eigenvalue weighted by molar-refractivity contribution is 7.09. The molecule has 7 heteroatoms. The first-order chi connectivity index (χ1) is 16.1. The smallest absolute Gasteiger partial charge is 0.252 e. The maximum absolute atomic E-state index is 13.3. The first kappa shape index (κ1) is 21.8. The molecule has 0 radical (unpaired) electrons. The first-order valence-electron chi connectivity index (χ1n) is 11.5. The number of hydrogen-bond acceptors (Lipinski definition) is 5. The lowest BCUT2D eigenvalue weighted by Gasteiger charge is -2.31. The quantitative estimate of drug-likeness (QED) is 0.456. The van der Waals surface area contributed by atoms with Gasteiger partial charge in [0.2, 0.25) is 0 Å². The molecular weight excluding hydrogens is 430 g/mol. The van der Waals surface area contributed by atoms with E-state index in [1.165, 1.54) is 4.88 Å². The zero-order chi connectivity index (χ0) is 22.8. The van der Waals surface area contributed by atoms with E-state index in [-0.39, 0.29) is 5.91 Å². The molecule has 1 fully saturated rings. The third-order valence-corrected chi connectivity index (χ3v) is 7.36. The second-order valence-electron chi connectivity index (χ2n) is 8.84. The number of nitrogens with zero attached hydrogens (tertiary/aromatic N) is 4. The van der Waals surface area contributed by atoms with Crippen molar-refractivity contribution in [1.29, 1.82) is 0 Å². The third kappa shape index (κ3) is 4.70. The second-order valence-corrected chi connectivity index (χ2v) is 9.87. The van der Waals surface area contributed by atoms with Gasteiger partial charge < -0.3 is 5.32 Å². The van der Waals surface area contributed by atoms with Crippen molar-refractivity contribution in [2.24, 2.45) is 13.0 Å². The summed E-state index contributed by atoms with van der Waals surface area (Å²) in [6, 6.07) is 16.2. The van der Waals surface area contributed by atoms with Crippen LogP contribution in [0.15, 0.2) is 53.9 Å². The molecule has 1 aliphatic heterocycles. The Labute approximate surface area is 198 Å². The van der Waals surface area contributed by atoms with Crippen LogP contribution < -0.4 is 5.32 Å². The van der Waals surface area contributed by atoms with E-state index < -0.39 is 0 Å². The number of fused-ring (bicyclic) bond motifs is 1. The lowest BCUT2D eigenvalue weighted by molar-refractivity contribution is 0.0937. The molecule has 33 heavy (non-hydrogen) atoms. The van der Waals surface area contributed by atoms with Crippen molar-refractivity contribution in [3.8, 4) is 11.3 Å². The fourth-order valence-electron chi connectivity index (χ4n) is 4.68. The summed E-state index contributed by atoms with van der Waals surface area (Å²) >= 11 is 1.82. The highest BCUT2D eigenvalue weighted by atomic mass is 32.1. The summed E-state index contributed by atoms with van der Waals surface area (Å²) in [5, 5.41) is 10.7. The summed E-state index contributed by atoms with van der Waals surface area (Å²) in [6.45, 7) is 5.84.